The zero-order valence-corrected chi connectivity index (χ0v) is 22.1. The molecule has 0 saturated heterocycles. The van der Waals surface area contributed by atoms with Crippen molar-refractivity contribution in [3.63, 3.8) is 0 Å². The highest BCUT2D eigenvalue weighted by atomic mass is 16.6. The second-order valence-electron chi connectivity index (χ2n) is 11.9. The first kappa shape index (κ1) is 26.1. The van der Waals surface area contributed by atoms with Crippen LogP contribution in [0.25, 0.3) is 0 Å². The first-order chi connectivity index (χ1) is 16.6. The highest BCUT2D eigenvalue weighted by molar-refractivity contribution is 5.98. The SMILES string of the molecule is CCCC(=O)OC1C(=O)C=C2CC[C@H]3[C@@H]4CC[C@H](C(C)=O)[C@@]4(C)CC[C@@H]3[C@@]2(C)C1OC(=O)CCC. The molecule has 0 aliphatic heterocycles. The number of rotatable bonds is 7. The smallest absolute Gasteiger partial charge is 0.306 e. The molecule has 0 aromatic heterocycles. The molecule has 35 heavy (non-hydrogen) atoms. The normalized spacial score (nSPS) is 40.1. The predicted octanol–water partition coefficient (Wildman–Crippen LogP) is 5.37. The number of hydrogen-bond acceptors (Lipinski definition) is 6. The van der Waals surface area contributed by atoms with Gasteiger partial charge in [0.05, 0.1) is 0 Å². The molecular weight excluding hydrogens is 444 g/mol. The number of fused-ring (bicyclic) bond motifs is 5. The molecule has 0 bridgehead atoms. The average molecular weight is 487 g/mol. The van der Waals surface area contributed by atoms with Crippen LogP contribution in [0.2, 0.25) is 0 Å². The van der Waals surface area contributed by atoms with E-state index in [0.29, 0.717) is 30.5 Å². The van der Waals surface area contributed by atoms with Crippen molar-refractivity contribution in [2.24, 2.45) is 34.5 Å². The summed E-state index contributed by atoms with van der Waals surface area (Å²) in [4.78, 5) is 50.9. The van der Waals surface area contributed by atoms with Crippen LogP contribution in [-0.2, 0) is 28.7 Å². The van der Waals surface area contributed by atoms with E-state index < -0.39 is 23.6 Å². The van der Waals surface area contributed by atoms with E-state index >= 15 is 0 Å². The molecule has 194 valence electrons. The fourth-order valence-corrected chi connectivity index (χ4v) is 8.38. The maximum atomic E-state index is 13.2. The van der Waals surface area contributed by atoms with Gasteiger partial charge in [-0.25, -0.2) is 0 Å². The van der Waals surface area contributed by atoms with Gasteiger partial charge in [0.2, 0.25) is 6.10 Å². The van der Waals surface area contributed by atoms with E-state index in [2.05, 4.69) is 13.8 Å². The molecular formula is C29H42O6. The average Bonchev–Trinajstić information content (AvgIpc) is 3.15. The van der Waals surface area contributed by atoms with E-state index in [-0.39, 0.29) is 41.8 Å². The third kappa shape index (κ3) is 4.29. The lowest BCUT2D eigenvalue weighted by Crippen LogP contribution is -2.61. The van der Waals surface area contributed by atoms with Gasteiger partial charge in [-0.1, -0.05) is 33.3 Å². The molecule has 0 N–H and O–H groups in total. The number of carbonyl (C=O) groups is 4. The van der Waals surface area contributed by atoms with E-state index in [1.807, 2.05) is 13.8 Å². The molecule has 6 heteroatoms. The van der Waals surface area contributed by atoms with Gasteiger partial charge in [-0.2, -0.15) is 0 Å². The third-order valence-electron chi connectivity index (χ3n) is 10.0. The van der Waals surface area contributed by atoms with Crippen LogP contribution in [0.4, 0.5) is 0 Å². The van der Waals surface area contributed by atoms with Crippen molar-refractivity contribution in [3.05, 3.63) is 11.6 Å². The Morgan fingerprint density at radius 2 is 1.60 bits per heavy atom. The Morgan fingerprint density at radius 3 is 2.23 bits per heavy atom. The highest BCUT2D eigenvalue weighted by Gasteiger charge is 2.64. The third-order valence-corrected chi connectivity index (χ3v) is 10.0. The number of ether oxygens (including phenoxy) is 2. The van der Waals surface area contributed by atoms with Crippen LogP contribution in [0, 0.1) is 34.5 Å². The molecule has 6 nitrogen and oxygen atoms in total. The van der Waals surface area contributed by atoms with Crippen molar-refractivity contribution in [1.82, 2.24) is 0 Å². The van der Waals surface area contributed by atoms with Crippen molar-refractivity contribution < 1.29 is 28.7 Å². The van der Waals surface area contributed by atoms with Gasteiger partial charge in [-0.3, -0.25) is 19.2 Å². The van der Waals surface area contributed by atoms with Crippen LogP contribution in [-0.4, -0.2) is 35.7 Å². The van der Waals surface area contributed by atoms with Crippen LogP contribution >= 0.6 is 0 Å². The minimum Gasteiger partial charge on any atom is -0.457 e. The van der Waals surface area contributed by atoms with E-state index in [1.54, 1.807) is 13.0 Å². The fourth-order valence-electron chi connectivity index (χ4n) is 8.38. The Balaban J connectivity index is 1.72. The topological polar surface area (TPSA) is 86.7 Å². The van der Waals surface area contributed by atoms with E-state index in [4.69, 9.17) is 9.47 Å². The van der Waals surface area contributed by atoms with Crippen LogP contribution in [0.15, 0.2) is 11.6 Å². The van der Waals surface area contributed by atoms with Crippen molar-refractivity contribution in [3.8, 4) is 0 Å². The van der Waals surface area contributed by atoms with Gasteiger partial charge in [-0.15, -0.1) is 0 Å². The number of carbonyl (C=O) groups excluding carboxylic acids is 4. The van der Waals surface area contributed by atoms with Crippen molar-refractivity contribution in [1.29, 1.82) is 0 Å². The van der Waals surface area contributed by atoms with Gasteiger partial charge < -0.3 is 9.47 Å². The molecule has 0 radical (unpaired) electrons. The molecule has 2 unspecified atom stereocenters. The number of ketones is 2. The summed E-state index contributed by atoms with van der Waals surface area (Å²) < 4.78 is 11.8. The molecule has 4 aliphatic rings. The quantitative estimate of drug-likeness (QED) is 0.450. The van der Waals surface area contributed by atoms with Crippen LogP contribution < -0.4 is 0 Å². The van der Waals surface area contributed by atoms with E-state index in [0.717, 1.165) is 44.1 Å². The summed E-state index contributed by atoms with van der Waals surface area (Å²) in [5.74, 6) is 0.433. The first-order valence-electron chi connectivity index (χ1n) is 13.7. The molecule has 0 amide bonds. The van der Waals surface area contributed by atoms with Gasteiger partial charge in [0.1, 0.15) is 5.78 Å². The Morgan fingerprint density at radius 1 is 0.943 bits per heavy atom. The lowest BCUT2D eigenvalue weighted by molar-refractivity contribution is -0.191. The monoisotopic (exact) mass is 486 g/mol. The maximum Gasteiger partial charge on any atom is 0.306 e. The van der Waals surface area contributed by atoms with Gasteiger partial charge in [-0.05, 0) is 87.5 Å². The summed E-state index contributed by atoms with van der Waals surface area (Å²) in [6.45, 7) is 9.98. The van der Waals surface area contributed by atoms with Gasteiger partial charge >= 0.3 is 11.9 Å². The Hall–Kier alpha value is -1.98. The Kier molecular flexibility index (Phi) is 7.32. The Bertz CT molecular complexity index is 920. The molecule has 8 atom stereocenters. The van der Waals surface area contributed by atoms with Crippen molar-refractivity contribution in [2.75, 3.05) is 0 Å². The van der Waals surface area contributed by atoms with Crippen molar-refractivity contribution >= 4 is 23.5 Å². The largest absolute Gasteiger partial charge is 0.457 e. The van der Waals surface area contributed by atoms with Gasteiger partial charge in [0.15, 0.2) is 11.9 Å². The summed E-state index contributed by atoms with van der Waals surface area (Å²) in [5.41, 5.74) is 0.481. The second kappa shape index (κ2) is 9.82. The highest BCUT2D eigenvalue weighted by Crippen LogP contribution is 2.67. The molecule has 4 aliphatic carbocycles. The molecule has 0 aromatic carbocycles. The second-order valence-corrected chi connectivity index (χ2v) is 11.9. The van der Waals surface area contributed by atoms with E-state index in [1.165, 1.54) is 0 Å². The fraction of sp³-hybridized carbons (Fsp3) is 0.793. The van der Waals surface area contributed by atoms with Gasteiger partial charge in [0, 0.05) is 24.2 Å². The van der Waals surface area contributed by atoms with E-state index in [9.17, 15) is 19.2 Å². The summed E-state index contributed by atoms with van der Waals surface area (Å²) in [6.07, 6.45) is 7.19. The number of Topliss-reactive ketones (excluding diaryl/α,β-unsaturated/α-hetero) is 1. The first-order valence-corrected chi connectivity index (χ1v) is 13.7. The minimum absolute atomic E-state index is 0.0104. The molecule has 0 heterocycles. The lowest BCUT2D eigenvalue weighted by Gasteiger charge is -2.60. The van der Waals surface area contributed by atoms with Crippen LogP contribution in [0.5, 0.6) is 0 Å². The molecule has 3 fully saturated rings. The standard InChI is InChI=1S/C29H42O6/c1-6-8-24(32)34-26-23(31)16-18-10-11-19-21-13-12-20(17(3)30)28(21,4)15-14-22(19)29(18,5)27(26)35-25(33)9-7-2/h16,19-22,26-27H,6-15H2,1-5H3/t19-,20+,21-,22-,26?,27?,28+,29-/m0/s1. The Labute approximate surface area is 209 Å². The van der Waals surface area contributed by atoms with Gasteiger partial charge in [0.25, 0.3) is 0 Å². The maximum absolute atomic E-state index is 13.2. The minimum atomic E-state index is -1.09. The summed E-state index contributed by atoms with van der Waals surface area (Å²) in [6, 6.07) is 0. The van der Waals surface area contributed by atoms with Crippen molar-refractivity contribution in [2.45, 2.75) is 111 Å². The van der Waals surface area contributed by atoms with Crippen LogP contribution in [0.1, 0.15) is 98.8 Å². The molecule has 0 spiro atoms. The zero-order chi connectivity index (χ0) is 25.5. The number of esters is 2. The molecule has 0 aromatic rings. The predicted molar refractivity (Wildman–Crippen MR) is 131 cm³/mol. The summed E-state index contributed by atoms with van der Waals surface area (Å²) >= 11 is 0. The summed E-state index contributed by atoms with van der Waals surface area (Å²) in [5, 5.41) is 0. The van der Waals surface area contributed by atoms with Crippen LogP contribution in [0.3, 0.4) is 0 Å². The zero-order valence-electron chi connectivity index (χ0n) is 22.1. The lowest BCUT2D eigenvalue weighted by atomic mass is 9.46. The number of hydrogen-bond donors (Lipinski definition) is 0. The molecule has 4 rings (SSSR count). The summed E-state index contributed by atoms with van der Waals surface area (Å²) in [7, 11) is 0. The molecule has 3 saturated carbocycles.